The van der Waals surface area contributed by atoms with Crippen molar-refractivity contribution in [2.75, 3.05) is 39.9 Å². The smallest absolute Gasteiger partial charge is 0.0547 e. The highest BCUT2D eigenvalue weighted by Crippen LogP contribution is 2.32. The van der Waals surface area contributed by atoms with Crippen molar-refractivity contribution >= 4 is 0 Å². The molecule has 2 rings (SSSR count). The van der Waals surface area contributed by atoms with Gasteiger partial charge in [-0.1, -0.05) is 19.8 Å². The summed E-state index contributed by atoms with van der Waals surface area (Å²) in [5.41, 5.74) is 0.373. The second kappa shape index (κ2) is 6.88. The van der Waals surface area contributed by atoms with Gasteiger partial charge in [-0.2, -0.15) is 0 Å². The Labute approximate surface area is 112 Å². The Morgan fingerprint density at radius 3 is 2.94 bits per heavy atom. The molecule has 2 heterocycles. The van der Waals surface area contributed by atoms with Gasteiger partial charge in [0.05, 0.1) is 6.61 Å². The average molecular weight is 254 g/mol. The first-order valence-corrected chi connectivity index (χ1v) is 7.76. The third kappa shape index (κ3) is 3.46. The van der Waals surface area contributed by atoms with Crippen molar-refractivity contribution in [2.45, 2.75) is 51.5 Å². The first kappa shape index (κ1) is 14.3. The van der Waals surface area contributed by atoms with Crippen LogP contribution in [0.4, 0.5) is 0 Å². The van der Waals surface area contributed by atoms with E-state index in [4.69, 9.17) is 4.74 Å². The number of piperidine rings is 1. The van der Waals surface area contributed by atoms with Crippen LogP contribution in [-0.2, 0) is 4.74 Å². The van der Waals surface area contributed by atoms with E-state index >= 15 is 0 Å². The van der Waals surface area contributed by atoms with Crippen LogP contribution in [0.3, 0.4) is 0 Å². The summed E-state index contributed by atoms with van der Waals surface area (Å²) in [5.74, 6) is 0. The van der Waals surface area contributed by atoms with E-state index in [-0.39, 0.29) is 0 Å². The van der Waals surface area contributed by atoms with Gasteiger partial charge in [0, 0.05) is 31.2 Å². The lowest BCUT2D eigenvalue weighted by Gasteiger charge is -2.41. The van der Waals surface area contributed by atoms with Crippen LogP contribution < -0.4 is 5.32 Å². The molecule has 2 atom stereocenters. The van der Waals surface area contributed by atoms with Crippen LogP contribution in [0, 0.1) is 5.41 Å². The Bertz CT molecular complexity index is 237. The number of hydrogen-bond acceptors (Lipinski definition) is 3. The molecule has 1 N–H and O–H groups in total. The van der Waals surface area contributed by atoms with E-state index in [0.29, 0.717) is 5.41 Å². The molecule has 0 aromatic carbocycles. The van der Waals surface area contributed by atoms with Crippen molar-refractivity contribution in [3.05, 3.63) is 0 Å². The summed E-state index contributed by atoms with van der Waals surface area (Å²) < 4.78 is 5.68. The minimum atomic E-state index is 0.373. The van der Waals surface area contributed by atoms with Gasteiger partial charge in [0.1, 0.15) is 0 Å². The average Bonchev–Trinajstić information content (AvgIpc) is 2.81. The molecule has 3 heteroatoms. The van der Waals surface area contributed by atoms with Crippen LogP contribution in [0.15, 0.2) is 0 Å². The van der Waals surface area contributed by atoms with Gasteiger partial charge in [0.25, 0.3) is 0 Å². The molecule has 0 aromatic heterocycles. The SMILES string of the molecule is CCCC1CCCCN1CC1(CNC)CCOC1. The summed E-state index contributed by atoms with van der Waals surface area (Å²) in [4.78, 5) is 2.76. The number of nitrogens with zero attached hydrogens (tertiary/aromatic N) is 1. The fourth-order valence-corrected chi connectivity index (χ4v) is 3.70. The molecule has 2 aliphatic rings. The Morgan fingerprint density at radius 1 is 1.39 bits per heavy atom. The van der Waals surface area contributed by atoms with Crippen molar-refractivity contribution in [3.8, 4) is 0 Å². The normalized spacial score (nSPS) is 34.0. The summed E-state index contributed by atoms with van der Waals surface area (Å²) in [7, 11) is 2.07. The van der Waals surface area contributed by atoms with Crippen molar-refractivity contribution in [1.29, 1.82) is 0 Å². The molecule has 106 valence electrons. The van der Waals surface area contributed by atoms with Gasteiger partial charge in [0.15, 0.2) is 0 Å². The maximum atomic E-state index is 5.68. The van der Waals surface area contributed by atoms with E-state index in [0.717, 1.165) is 25.8 Å². The summed E-state index contributed by atoms with van der Waals surface area (Å²) in [6.07, 6.45) is 8.13. The van der Waals surface area contributed by atoms with E-state index in [1.807, 2.05) is 0 Å². The largest absolute Gasteiger partial charge is 0.381 e. The predicted molar refractivity (Wildman–Crippen MR) is 75.9 cm³/mol. The lowest BCUT2D eigenvalue weighted by atomic mass is 9.84. The van der Waals surface area contributed by atoms with Gasteiger partial charge in [-0.15, -0.1) is 0 Å². The molecule has 2 unspecified atom stereocenters. The second-order valence-corrected chi connectivity index (χ2v) is 6.24. The molecule has 0 saturated carbocycles. The zero-order valence-corrected chi connectivity index (χ0v) is 12.2. The fourth-order valence-electron chi connectivity index (χ4n) is 3.70. The van der Waals surface area contributed by atoms with E-state index in [1.165, 1.54) is 51.6 Å². The molecule has 0 radical (unpaired) electrons. The number of nitrogens with one attached hydrogen (secondary N) is 1. The lowest BCUT2D eigenvalue weighted by molar-refractivity contribution is 0.0631. The Morgan fingerprint density at radius 2 is 2.28 bits per heavy atom. The Balaban J connectivity index is 1.95. The van der Waals surface area contributed by atoms with Crippen LogP contribution in [0.5, 0.6) is 0 Å². The molecule has 0 spiro atoms. The van der Waals surface area contributed by atoms with Crippen molar-refractivity contribution in [3.63, 3.8) is 0 Å². The summed E-state index contributed by atoms with van der Waals surface area (Å²) in [6, 6.07) is 0.832. The van der Waals surface area contributed by atoms with Crippen LogP contribution in [0.25, 0.3) is 0 Å². The van der Waals surface area contributed by atoms with Crippen LogP contribution in [-0.4, -0.2) is 50.8 Å². The van der Waals surface area contributed by atoms with Gasteiger partial charge < -0.3 is 10.1 Å². The zero-order valence-electron chi connectivity index (χ0n) is 12.2. The number of ether oxygens (including phenoxy) is 1. The molecular formula is C15H30N2O. The molecule has 3 nitrogen and oxygen atoms in total. The van der Waals surface area contributed by atoms with Crippen molar-refractivity contribution in [2.24, 2.45) is 5.41 Å². The first-order valence-electron chi connectivity index (χ1n) is 7.76. The molecule has 0 amide bonds. The molecule has 2 saturated heterocycles. The third-order valence-electron chi connectivity index (χ3n) is 4.65. The highest BCUT2D eigenvalue weighted by atomic mass is 16.5. The minimum absolute atomic E-state index is 0.373. The van der Waals surface area contributed by atoms with E-state index in [9.17, 15) is 0 Å². The van der Waals surface area contributed by atoms with Crippen LogP contribution >= 0.6 is 0 Å². The molecular weight excluding hydrogens is 224 g/mol. The quantitative estimate of drug-likeness (QED) is 0.787. The summed E-state index contributed by atoms with van der Waals surface area (Å²) >= 11 is 0. The fraction of sp³-hybridized carbons (Fsp3) is 1.00. The molecule has 2 fully saturated rings. The highest BCUT2D eigenvalue weighted by molar-refractivity contribution is 4.90. The van der Waals surface area contributed by atoms with Gasteiger partial charge in [0.2, 0.25) is 0 Å². The molecule has 0 bridgehead atoms. The number of hydrogen-bond donors (Lipinski definition) is 1. The van der Waals surface area contributed by atoms with Crippen molar-refractivity contribution < 1.29 is 4.74 Å². The standard InChI is InChI=1S/C15H30N2O/c1-3-6-14-7-4-5-9-17(14)12-15(11-16-2)8-10-18-13-15/h14,16H,3-13H2,1-2H3. The van der Waals surface area contributed by atoms with Crippen LogP contribution in [0.1, 0.15) is 45.4 Å². The maximum absolute atomic E-state index is 5.68. The van der Waals surface area contributed by atoms with Gasteiger partial charge in [-0.25, -0.2) is 0 Å². The van der Waals surface area contributed by atoms with Gasteiger partial charge in [-0.05, 0) is 39.3 Å². The Kier molecular flexibility index (Phi) is 5.46. The van der Waals surface area contributed by atoms with E-state index in [2.05, 4.69) is 24.2 Å². The van der Waals surface area contributed by atoms with Gasteiger partial charge in [-0.3, -0.25) is 4.90 Å². The van der Waals surface area contributed by atoms with E-state index in [1.54, 1.807) is 0 Å². The number of likely N-dealkylation sites (tertiary alicyclic amines) is 1. The molecule has 2 aliphatic heterocycles. The van der Waals surface area contributed by atoms with Crippen molar-refractivity contribution in [1.82, 2.24) is 10.2 Å². The first-order chi connectivity index (χ1) is 8.79. The van der Waals surface area contributed by atoms with E-state index < -0.39 is 0 Å². The lowest BCUT2D eigenvalue weighted by Crippen LogP contribution is -2.49. The second-order valence-electron chi connectivity index (χ2n) is 6.24. The topological polar surface area (TPSA) is 24.5 Å². The van der Waals surface area contributed by atoms with Gasteiger partial charge >= 0.3 is 0 Å². The minimum Gasteiger partial charge on any atom is -0.381 e. The maximum Gasteiger partial charge on any atom is 0.0547 e. The molecule has 0 aliphatic carbocycles. The monoisotopic (exact) mass is 254 g/mol. The Hall–Kier alpha value is -0.120. The van der Waals surface area contributed by atoms with Crippen LogP contribution in [0.2, 0.25) is 0 Å². The third-order valence-corrected chi connectivity index (χ3v) is 4.65. The molecule has 0 aromatic rings. The summed E-state index contributed by atoms with van der Waals surface area (Å²) in [5, 5.41) is 3.38. The zero-order chi connectivity index (χ0) is 12.8. The predicted octanol–water partition coefficient (Wildman–Crippen LogP) is 2.27. The highest BCUT2D eigenvalue weighted by Gasteiger charge is 2.38. The number of rotatable bonds is 6. The summed E-state index contributed by atoms with van der Waals surface area (Å²) in [6.45, 7) is 7.85. The molecule has 18 heavy (non-hydrogen) atoms.